The van der Waals surface area contributed by atoms with Gasteiger partial charge >= 0.3 is 6.09 Å². The van der Waals surface area contributed by atoms with Gasteiger partial charge in [0.1, 0.15) is 34.6 Å². The number of aliphatic hydroxyl groups excluding tert-OH is 1. The molecule has 1 amide bonds. The third kappa shape index (κ3) is 5.78. The highest BCUT2D eigenvalue weighted by Gasteiger charge is 2.32. The lowest BCUT2D eigenvalue weighted by Gasteiger charge is -2.31. The maximum absolute atomic E-state index is 12.4. The number of nitrogens with one attached hydrogen (secondary N) is 1. The molecule has 1 aliphatic heterocycles. The lowest BCUT2D eigenvalue weighted by atomic mass is 9.93. The number of pyridine rings is 1. The van der Waals surface area contributed by atoms with Gasteiger partial charge in [-0.2, -0.15) is 0 Å². The molecule has 0 saturated heterocycles. The molecular weight excluding hydrogens is 440 g/mol. The number of anilines is 1. The molecule has 3 rings (SSSR count). The molecule has 9 nitrogen and oxygen atoms in total. The van der Waals surface area contributed by atoms with Crippen LogP contribution in [0.4, 0.5) is 10.5 Å². The molecule has 2 N–H and O–H groups in total. The van der Waals surface area contributed by atoms with Crippen molar-refractivity contribution in [1.82, 2.24) is 4.98 Å². The van der Waals surface area contributed by atoms with Crippen LogP contribution >= 0.6 is 0 Å². The van der Waals surface area contributed by atoms with Gasteiger partial charge in [-0.1, -0.05) is 0 Å². The van der Waals surface area contributed by atoms with Gasteiger partial charge in [-0.15, -0.1) is 0 Å². The normalized spacial score (nSPS) is 15.1. The highest BCUT2D eigenvalue weighted by molar-refractivity contribution is 5.86. The summed E-state index contributed by atoms with van der Waals surface area (Å²) in [7, 11) is 3.01. The molecule has 2 heterocycles. The Morgan fingerprint density at radius 2 is 2.03 bits per heavy atom. The van der Waals surface area contributed by atoms with Gasteiger partial charge in [0, 0.05) is 24.9 Å². The Balaban J connectivity index is 2.10. The molecular formula is C25H32N2O7. The van der Waals surface area contributed by atoms with Crippen molar-refractivity contribution in [2.45, 2.75) is 51.9 Å². The topological polar surface area (TPSA) is 108 Å². The summed E-state index contributed by atoms with van der Waals surface area (Å²) < 4.78 is 28.0. The van der Waals surface area contributed by atoms with E-state index >= 15 is 0 Å². The Labute approximate surface area is 199 Å². The fourth-order valence-electron chi connectivity index (χ4n) is 3.52. The summed E-state index contributed by atoms with van der Waals surface area (Å²) in [5.41, 5.74) is 0.471. The molecule has 0 fully saturated rings. The molecule has 0 bridgehead atoms. The summed E-state index contributed by atoms with van der Waals surface area (Å²) >= 11 is 0. The van der Waals surface area contributed by atoms with Crippen LogP contribution in [0.2, 0.25) is 0 Å². The van der Waals surface area contributed by atoms with E-state index in [9.17, 15) is 9.90 Å². The summed E-state index contributed by atoms with van der Waals surface area (Å²) in [4.78, 5) is 16.5. The van der Waals surface area contributed by atoms with Crippen molar-refractivity contribution in [2.24, 2.45) is 0 Å². The summed E-state index contributed by atoms with van der Waals surface area (Å²) in [5, 5.41) is 14.2. The van der Waals surface area contributed by atoms with Crippen LogP contribution in [0.5, 0.6) is 17.2 Å². The van der Waals surface area contributed by atoms with E-state index in [-0.39, 0.29) is 12.5 Å². The minimum Gasteiger partial charge on any atom is -0.495 e. The van der Waals surface area contributed by atoms with E-state index in [2.05, 4.69) is 10.3 Å². The van der Waals surface area contributed by atoms with Gasteiger partial charge in [0.25, 0.3) is 0 Å². The van der Waals surface area contributed by atoms with Crippen LogP contribution in [-0.2, 0) is 9.47 Å². The molecule has 1 aromatic carbocycles. The monoisotopic (exact) mass is 472 g/mol. The number of rotatable bonds is 7. The van der Waals surface area contributed by atoms with Gasteiger partial charge in [-0.3, -0.25) is 10.3 Å². The van der Waals surface area contributed by atoms with Gasteiger partial charge < -0.3 is 28.8 Å². The fraction of sp³-hybridized carbons (Fsp3) is 0.440. The van der Waals surface area contributed by atoms with Crippen LogP contribution in [0.3, 0.4) is 0 Å². The van der Waals surface area contributed by atoms with Gasteiger partial charge in [0.2, 0.25) is 0 Å². The molecule has 0 aliphatic carbocycles. The number of fused-ring (bicyclic) bond motifs is 1. The van der Waals surface area contributed by atoms with Crippen molar-refractivity contribution in [3.63, 3.8) is 0 Å². The summed E-state index contributed by atoms with van der Waals surface area (Å²) in [6, 6.07) is 3.30. The first-order chi connectivity index (χ1) is 16.0. The Bertz CT molecular complexity index is 1070. The molecule has 184 valence electrons. The second-order valence-electron chi connectivity index (χ2n) is 9.32. The van der Waals surface area contributed by atoms with Gasteiger partial charge in [0.15, 0.2) is 6.79 Å². The van der Waals surface area contributed by atoms with Crippen LogP contribution in [0.25, 0.3) is 6.08 Å². The lowest BCUT2D eigenvalue weighted by Crippen LogP contribution is -2.28. The van der Waals surface area contributed by atoms with Crippen LogP contribution in [0.1, 0.15) is 57.4 Å². The molecule has 2 aromatic rings. The third-order valence-electron chi connectivity index (χ3n) is 4.90. The molecule has 34 heavy (non-hydrogen) atoms. The van der Waals surface area contributed by atoms with Crippen LogP contribution < -0.4 is 19.5 Å². The molecule has 1 aliphatic rings. The Morgan fingerprint density at radius 3 is 2.68 bits per heavy atom. The second kappa shape index (κ2) is 9.90. The van der Waals surface area contributed by atoms with Crippen molar-refractivity contribution < 1.29 is 33.6 Å². The molecule has 0 spiro atoms. The predicted octanol–water partition coefficient (Wildman–Crippen LogP) is 4.69. The van der Waals surface area contributed by atoms with Crippen LogP contribution in [0.15, 0.2) is 30.6 Å². The zero-order valence-corrected chi connectivity index (χ0v) is 20.6. The minimum atomic E-state index is -1.25. The zero-order chi connectivity index (χ0) is 25.1. The van der Waals surface area contributed by atoms with Crippen molar-refractivity contribution in [2.75, 3.05) is 26.3 Å². The highest BCUT2D eigenvalue weighted by atomic mass is 16.7. The third-order valence-corrected chi connectivity index (χ3v) is 4.90. The smallest absolute Gasteiger partial charge is 0.412 e. The first-order valence-corrected chi connectivity index (χ1v) is 10.8. The van der Waals surface area contributed by atoms with Crippen LogP contribution in [-0.4, -0.2) is 48.4 Å². The second-order valence-corrected chi connectivity index (χ2v) is 9.32. The van der Waals surface area contributed by atoms with Crippen LogP contribution in [0, 0.1) is 0 Å². The van der Waals surface area contributed by atoms with E-state index in [0.717, 1.165) is 0 Å². The van der Waals surface area contributed by atoms with Crippen molar-refractivity contribution in [3.05, 3.63) is 47.3 Å². The Kier molecular flexibility index (Phi) is 7.38. The quantitative estimate of drug-likeness (QED) is 0.559. The van der Waals surface area contributed by atoms with E-state index in [4.69, 9.17) is 23.7 Å². The molecule has 9 heteroatoms. The van der Waals surface area contributed by atoms with Crippen molar-refractivity contribution in [3.8, 4) is 17.2 Å². The molecule has 1 aromatic heterocycles. The Hall–Kier alpha value is -3.30. The number of aromatic nitrogens is 1. The first-order valence-electron chi connectivity index (χ1n) is 10.8. The van der Waals surface area contributed by atoms with E-state index in [0.29, 0.717) is 33.9 Å². The number of hydrogen-bond donors (Lipinski definition) is 2. The number of carbonyl (C=O) groups is 1. The molecule has 0 saturated carbocycles. The maximum atomic E-state index is 12.4. The number of ether oxygens (including phenoxy) is 5. The lowest BCUT2D eigenvalue weighted by molar-refractivity contribution is 0.0479. The van der Waals surface area contributed by atoms with E-state index < -0.39 is 23.4 Å². The van der Waals surface area contributed by atoms with Crippen molar-refractivity contribution in [1.29, 1.82) is 0 Å². The maximum Gasteiger partial charge on any atom is 0.412 e. The SMILES string of the molecule is COCOc1cc2c(c(OC)c1C(O)c1ccncc1NC(=O)OC(C)(C)C)C=CC(C)(C)O2. The number of methoxy groups -OCH3 is 2. The number of hydrogen-bond acceptors (Lipinski definition) is 8. The molecule has 0 radical (unpaired) electrons. The average molecular weight is 473 g/mol. The van der Waals surface area contributed by atoms with E-state index in [1.54, 1.807) is 32.9 Å². The number of benzene rings is 1. The van der Waals surface area contributed by atoms with Gasteiger partial charge in [0.05, 0.1) is 30.1 Å². The van der Waals surface area contributed by atoms with E-state index in [1.165, 1.54) is 26.6 Å². The number of nitrogens with zero attached hydrogens (tertiary/aromatic N) is 1. The number of amides is 1. The van der Waals surface area contributed by atoms with E-state index in [1.807, 2.05) is 26.0 Å². The molecule has 1 unspecified atom stereocenters. The summed E-state index contributed by atoms with van der Waals surface area (Å²) in [5.74, 6) is 1.24. The van der Waals surface area contributed by atoms with Crippen molar-refractivity contribution >= 4 is 17.9 Å². The minimum absolute atomic E-state index is 0.0553. The number of carbonyl (C=O) groups excluding carboxylic acids is 1. The fourth-order valence-corrected chi connectivity index (χ4v) is 3.52. The number of aliphatic hydroxyl groups is 1. The van der Waals surface area contributed by atoms with Gasteiger partial charge in [-0.05, 0) is 52.8 Å². The summed E-state index contributed by atoms with van der Waals surface area (Å²) in [6.45, 7) is 9.10. The first kappa shape index (κ1) is 25.3. The largest absolute Gasteiger partial charge is 0.495 e. The standard InChI is InChI=1S/C25H32N2O7/c1-24(2,3)34-23(29)27-17-13-26-11-9-15(17)21(28)20-19(32-14-30-6)12-18-16(22(20)31-7)8-10-25(4,5)33-18/h8-13,21,28H,14H2,1-7H3,(H,27,29). The molecule has 1 atom stereocenters. The van der Waals surface area contributed by atoms with Gasteiger partial charge in [-0.25, -0.2) is 4.79 Å². The average Bonchev–Trinajstić information content (AvgIpc) is 2.74. The predicted molar refractivity (Wildman–Crippen MR) is 127 cm³/mol. The highest BCUT2D eigenvalue weighted by Crippen LogP contribution is 2.48. The summed E-state index contributed by atoms with van der Waals surface area (Å²) in [6.07, 6.45) is 4.84. The zero-order valence-electron chi connectivity index (χ0n) is 20.6. The Morgan fingerprint density at radius 1 is 1.29 bits per heavy atom.